The predicted molar refractivity (Wildman–Crippen MR) is 38.7 cm³/mol. The Morgan fingerprint density at radius 1 is 1.08 bits per heavy atom. The monoisotopic (exact) mass is 239 g/mol. The van der Waals surface area contributed by atoms with Gasteiger partial charge in [-0.2, -0.15) is 0 Å². The van der Waals surface area contributed by atoms with Crippen LogP contribution in [0.2, 0.25) is 0 Å². The van der Waals surface area contributed by atoms with E-state index < -0.39 is 0 Å². The molecule has 12 heavy (non-hydrogen) atoms. The molecule has 4 heteroatoms. The SMILES string of the molecule is O=C1[N-]C(=O)C2CC=CCC12.[Y]. The summed E-state index contributed by atoms with van der Waals surface area (Å²) < 4.78 is 0. The molecule has 2 amide bonds. The van der Waals surface area contributed by atoms with E-state index in [9.17, 15) is 9.59 Å². The van der Waals surface area contributed by atoms with Gasteiger partial charge in [0.1, 0.15) is 0 Å². The third kappa shape index (κ3) is 1.53. The summed E-state index contributed by atoms with van der Waals surface area (Å²) in [4.78, 5) is 22.0. The van der Waals surface area contributed by atoms with Crippen LogP contribution in [-0.2, 0) is 42.3 Å². The molecule has 0 spiro atoms. The summed E-state index contributed by atoms with van der Waals surface area (Å²) >= 11 is 0. The minimum absolute atomic E-state index is 0. The Morgan fingerprint density at radius 3 is 1.92 bits per heavy atom. The van der Waals surface area contributed by atoms with Crippen molar-refractivity contribution in [2.24, 2.45) is 11.8 Å². The molecule has 3 nitrogen and oxygen atoms in total. The summed E-state index contributed by atoms with van der Waals surface area (Å²) in [5.74, 6) is -0.700. The number of fused-ring (bicyclic) bond motifs is 1. The van der Waals surface area contributed by atoms with Crippen LogP contribution in [-0.4, -0.2) is 11.8 Å². The van der Waals surface area contributed by atoms with E-state index in [-0.39, 0.29) is 56.4 Å². The maximum Gasteiger partial charge on any atom is 0.0606 e. The summed E-state index contributed by atoms with van der Waals surface area (Å²) in [6, 6.07) is 0. The molecule has 1 radical (unpaired) electrons. The van der Waals surface area contributed by atoms with Crippen LogP contribution in [0, 0.1) is 11.8 Å². The van der Waals surface area contributed by atoms with E-state index in [2.05, 4.69) is 5.32 Å². The molecule has 2 aliphatic rings. The van der Waals surface area contributed by atoms with E-state index in [1.165, 1.54) is 0 Å². The molecule has 0 N–H and O–H groups in total. The fourth-order valence-corrected chi connectivity index (χ4v) is 1.63. The molecule has 0 aromatic carbocycles. The van der Waals surface area contributed by atoms with E-state index in [4.69, 9.17) is 0 Å². The van der Waals surface area contributed by atoms with Crippen LogP contribution in [0.3, 0.4) is 0 Å². The molecule has 2 unspecified atom stereocenters. The van der Waals surface area contributed by atoms with Gasteiger partial charge < -0.3 is 14.9 Å². The van der Waals surface area contributed by atoms with Gasteiger partial charge >= 0.3 is 0 Å². The second-order valence-corrected chi connectivity index (χ2v) is 2.94. The van der Waals surface area contributed by atoms with E-state index in [1.54, 1.807) is 0 Å². The van der Waals surface area contributed by atoms with Crippen molar-refractivity contribution < 1.29 is 42.3 Å². The van der Waals surface area contributed by atoms with Gasteiger partial charge in [-0.15, -0.1) is 0 Å². The summed E-state index contributed by atoms with van der Waals surface area (Å²) in [7, 11) is 0. The minimum Gasteiger partial charge on any atom is -0.595 e. The van der Waals surface area contributed by atoms with E-state index in [0.717, 1.165) is 0 Å². The zero-order chi connectivity index (χ0) is 7.84. The third-order valence-electron chi connectivity index (χ3n) is 2.29. The van der Waals surface area contributed by atoms with Crippen LogP contribution in [0.1, 0.15) is 12.8 Å². The van der Waals surface area contributed by atoms with Gasteiger partial charge in [0.15, 0.2) is 0 Å². The largest absolute Gasteiger partial charge is 0.595 e. The van der Waals surface area contributed by atoms with Crippen LogP contribution >= 0.6 is 0 Å². The summed E-state index contributed by atoms with van der Waals surface area (Å²) in [6.07, 6.45) is 5.29. The maximum absolute atomic E-state index is 11.0. The van der Waals surface area contributed by atoms with Gasteiger partial charge in [0.25, 0.3) is 0 Å². The first-order valence-electron chi connectivity index (χ1n) is 3.73. The average Bonchev–Trinajstić information content (AvgIpc) is 2.30. The number of amides is 2. The molecule has 1 aliphatic heterocycles. The van der Waals surface area contributed by atoms with Crippen LogP contribution in [0.25, 0.3) is 5.32 Å². The standard InChI is InChI=1S/C8H9NO2.Y/c10-7-5-3-1-2-4-6(5)8(11)9-7;/h1-2,5-6H,3-4H2,(H,9,10,11);/p-1. The number of imide groups is 1. The third-order valence-corrected chi connectivity index (χ3v) is 2.29. The fourth-order valence-electron chi connectivity index (χ4n) is 1.63. The van der Waals surface area contributed by atoms with Crippen LogP contribution < -0.4 is 0 Å². The van der Waals surface area contributed by atoms with Gasteiger partial charge in [0.2, 0.25) is 0 Å². The molecular weight excluding hydrogens is 231 g/mol. The van der Waals surface area contributed by atoms with Gasteiger partial charge in [-0.3, -0.25) is 0 Å². The van der Waals surface area contributed by atoms with Crippen molar-refractivity contribution in [2.75, 3.05) is 0 Å². The summed E-state index contributed by atoms with van der Waals surface area (Å²) in [5, 5.41) is 3.42. The first-order valence-corrected chi connectivity index (χ1v) is 3.73. The Hall–Kier alpha value is -0.0161. The zero-order valence-corrected chi connectivity index (χ0v) is 9.40. The van der Waals surface area contributed by atoms with Crippen LogP contribution in [0.15, 0.2) is 12.2 Å². The Kier molecular flexibility index (Phi) is 3.18. The quantitative estimate of drug-likeness (QED) is 0.467. The maximum atomic E-state index is 11.0. The molecule has 1 fully saturated rings. The number of allylic oxidation sites excluding steroid dienone is 2. The second kappa shape index (κ2) is 3.80. The van der Waals surface area contributed by atoms with Crippen molar-refractivity contribution >= 4 is 11.8 Å². The molecule has 0 aromatic heterocycles. The number of hydrogen-bond acceptors (Lipinski definition) is 2. The molecule has 2 rings (SSSR count). The first-order chi connectivity index (χ1) is 5.29. The molecule has 0 saturated carbocycles. The molecule has 2 atom stereocenters. The summed E-state index contributed by atoms with van der Waals surface area (Å²) in [5.41, 5.74) is 0. The number of carbonyl (C=O) groups is 2. The molecular formula is C8H8NO2Y-. The molecule has 1 heterocycles. The fraction of sp³-hybridized carbons (Fsp3) is 0.500. The number of nitrogens with zero attached hydrogens (tertiary/aromatic N) is 1. The van der Waals surface area contributed by atoms with Crippen molar-refractivity contribution in [2.45, 2.75) is 12.8 Å². The van der Waals surface area contributed by atoms with Crippen molar-refractivity contribution in [1.82, 2.24) is 0 Å². The Bertz CT molecular complexity index is 225. The van der Waals surface area contributed by atoms with Gasteiger partial charge in [-0.05, 0) is 12.8 Å². The van der Waals surface area contributed by atoms with Gasteiger partial charge in [-0.25, -0.2) is 0 Å². The Balaban J connectivity index is 0.000000720. The zero-order valence-electron chi connectivity index (χ0n) is 6.56. The minimum atomic E-state index is -0.218. The van der Waals surface area contributed by atoms with Crippen molar-refractivity contribution in [1.29, 1.82) is 0 Å². The number of rotatable bonds is 0. The van der Waals surface area contributed by atoms with Gasteiger partial charge in [-0.1, -0.05) is 12.2 Å². The van der Waals surface area contributed by atoms with Crippen molar-refractivity contribution in [3.63, 3.8) is 0 Å². The topological polar surface area (TPSA) is 48.2 Å². The molecule has 1 aliphatic carbocycles. The Morgan fingerprint density at radius 2 is 1.50 bits per heavy atom. The van der Waals surface area contributed by atoms with Crippen LogP contribution in [0.4, 0.5) is 0 Å². The van der Waals surface area contributed by atoms with Crippen molar-refractivity contribution in [3.8, 4) is 0 Å². The Labute approximate surface area is 95.8 Å². The number of hydrogen-bond donors (Lipinski definition) is 0. The molecule has 0 bridgehead atoms. The van der Waals surface area contributed by atoms with Gasteiger partial charge in [0, 0.05) is 44.5 Å². The average molecular weight is 239 g/mol. The summed E-state index contributed by atoms with van der Waals surface area (Å²) in [6.45, 7) is 0. The predicted octanol–water partition coefficient (Wildman–Crippen LogP) is 1.01. The first kappa shape index (κ1) is 10.1. The van der Waals surface area contributed by atoms with Crippen molar-refractivity contribution in [3.05, 3.63) is 17.5 Å². The molecule has 61 valence electrons. The number of carbonyl (C=O) groups excluding carboxylic acids is 2. The van der Waals surface area contributed by atoms with Crippen LogP contribution in [0.5, 0.6) is 0 Å². The van der Waals surface area contributed by atoms with E-state index >= 15 is 0 Å². The molecule has 1 saturated heterocycles. The second-order valence-electron chi connectivity index (χ2n) is 2.94. The normalized spacial score (nSPS) is 32.3. The smallest absolute Gasteiger partial charge is 0.0606 e. The van der Waals surface area contributed by atoms with Gasteiger partial charge in [0.05, 0.1) is 11.8 Å². The molecule has 0 aromatic rings. The van der Waals surface area contributed by atoms with E-state index in [1.807, 2.05) is 12.2 Å². The van der Waals surface area contributed by atoms with E-state index in [0.29, 0.717) is 12.8 Å².